The van der Waals surface area contributed by atoms with Crippen LogP contribution in [0.2, 0.25) is 0 Å². The van der Waals surface area contributed by atoms with Crippen molar-refractivity contribution in [2.45, 2.75) is 20.4 Å². The van der Waals surface area contributed by atoms with Gasteiger partial charge in [-0.3, -0.25) is 0 Å². The van der Waals surface area contributed by atoms with Crippen LogP contribution >= 0.6 is 0 Å². The van der Waals surface area contributed by atoms with Crippen LogP contribution in [0.25, 0.3) is 0 Å². The topological polar surface area (TPSA) is 32.3 Å². The van der Waals surface area contributed by atoms with Gasteiger partial charge in [-0.05, 0) is 30.0 Å². The first-order valence-electron chi connectivity index (χ1n) is 5.20. The van der Waals surface area contributed by atoms with Crippen molar-refractivity contribution in [3.05, 3.63) is 35.1 Å². The van der Waals surface area contributed by atoms with Crippen LogP contribution in [0.3, 0.4) is 0 Å². The summed E-state index contributed by atoms with van der Waals surface area (Å²) in [5.41, 5.74) is 1.74. The summed E-state index contributed by atoms with van der Waals surface area (Å²) in [6.45, 7) is 5.41. The van der Waals surface area contributed by atoms with Crippen LogP contribution in [-0.4, -0.2) is 18.3 Å². The van der Waals surface area contributed by atoms with Crippen molar-refractivity contribution in [3.63, 3.8) is 0 Å². The first-order valence-corrected chi connectivity index (χ1v) is 5.20. The number of hydrogen-bond acceptors (Lipinski definition) is 2. The standard InChI is InChI=1S/C12H18FNO/c1-9(8-15)6-14-7-11-3-4-12(13)10(2)5-11/h3-5,9,14-15H,6-8H2,1-2H3. The molecular formula is C12H18FNO. The first kappa shape index (κ1) is 12.1. The molecule has 0 amide bonds. The van der Waals surface area contributed by atoms with Crippen LogP contribution in [-0.2, 0) is 6.54 Å². The lowest BCUT2D eigenvalue weighted by Crippen LogP contribution is -2.22. The third-order valence-electron chi connectivity index (χ3n) is 2.36. The zero-order valence-electron chi connectivity index (χ0n) is 9.26. The molecule has 3 heteroatoms. The average molecular weight is 211 g/mol. The van der Waals surface area contributed by atoms with Crippen LogP contribution in [0.15, 0.2) is 18.2 Å². The molecule has 0 fully saturated rings. The molecule has 1 rings (SSSR count). The number of rotatable bonds is 5. The van der Waals surface area contributed by atoms with E-state index in [-0.39, 0.29) is 18.3 Å². The van der Waals surface area contributed by atoms with Gasteiger partial charge in [0.2, 0.25) is 0 Å². The Morgan fingerprint density at radius 1 is 1.47 bits per heavy atom. The number of benzene rings is 1. The predicted octanol–water partition coefficient (Wildman–Crippen LogP) is 1.85. The van der Waals surface area contributed by atoms with Crippen molar-refractivity contribution in [1.82, 2.24) is 5.32 Å². The lowest BCUT2D eigenvalue weighted by molar-refractivity contribution is 0.233. The summed E-state index contributed by atoms with van der Waals surface area (Å²) >= 11 is 0. The maximum absolute atomic E-state index is 13.0. The number of aryl methyl sites for hydroxylation is 1. The number of hydrogen-bond donors (Lipinski definition) is 2. The maximum atomic E-state index is 13.0. The molecule has 1 atom stereocenters. The van der Waals surface area contributed by atoms with E-state index < -0.39 is 0 Å². The van der Waals surface area contributed by atoms with E-state index in [1.165, 1.54) is 6.07 Å². The fourth-order valence-electron chi connectivity index (χ4n) is 1.34. The van der Waals surface area contributed by atoms with Crippen LogP contribution < -0.4 is 5.32 Å². The van der Waals surface area contributed by atoms with E-state index >= 15 is 0 Å². The third-order valence-corrected chi connectivity index (χ3v) is 2.36. The molecule has 0 heterocycles. The molecule has 0 aromatic heterocycles. The molecule has 1 aromatic carbocycles. The Hall–Kier alpha value is -0.930. The van der Waals surface area contributed by atoms with E-state index in [0.29, 0.717) is 12.1 Å². The summed E-state index contributed by atoms with van der Waals surface area (Å²) in [5, 5.41) is 12.0. The molecule has 1 aromatic rings. The van der Waals surface area contributed by atoms with Crippen LogP contribution in [0, 0.1) is 18.7 Å². The van der Waals surface area contributed by atoms with Gasteiger partial charge in [0.05, 0.1) is 0 Å². The SMILES string of the molecule is Cc1cc(CNCC(C)CO)ccc1F. The molecule has 0 aliphatic carbocycles. The lowest BCUT2D eigenvalue weighted by atomic mass is 10.1. The number of aliphatic hydroxyl groups excluding tert-OH is 1. The average Bonchev–Trinajstić information content (AvgIpc) is 2.23. The molecular weight excluding hydrogens is 193 g/mol. The van der Waals surface area contributed by atoms with Gasteiger partial charge in [0.25, 0.3) is 0 Å². The minimum atomic E-state index is -0.164. The van der Waals surface area contributed by atoms with E-state index in [9.17, 15) is 4.39 Å². The Morgan fingerprint density at radius 3 is 2.80 bits per heavy atom. The van der Waals surface area contributed by atoms with Gasteiger partial charge in [0.15, 0.2) is 0 Å². The maximum Gasteiger partial charge on any atom is 0.126 e. The summed E-state index contributed by atoms with van der Waals surface area (Å²) in [6.07, 6.45) is 0. The molecule has 0 saturated carbocycles. The predicted molar refractivity (Wildman–Crippen MR) is 59.1 cm³/mol. The van der Waals surface area contributed by atoms with E-state index in [1.807, 2.05) is 13.0 Å². The summed E-state index contributed by atoms with van der Waals surface area (Å²) in [6, 6.07) is 5.10. The van der Waals surface area contributed by atoms with E-state index in [0.717, 1.165) is 12.1 Å². The number of aliphatic hydroxyl groups is 1. The first-order chi connectivity index (χ1) is 7.13. The van der Waals surface area contributed by atoms with E-state index in [4.69, 9.17) is 5.11 Å². The highest BCUT2D eigenvalue weighted by Crippen LogP contribution is 2.08. The second-order valence-electron chi connectivity index (χ2n) is 4.00. The van der Waals surface area contributed by atoms with E-state index in [1.54, 1.807) is 13.0 Å². The summed E-state index contributed by atoms with van der Waals surface area (Å²) in [5.74, 6) is 0.0917. The van der Waals surface area contributed by atoms with Gasteiger partial charge in [-0.25, -0.2) is 4.39 Å². The van der Waals surface area contributed by atoms with Gasteiger partial charge in [-0.15, -0.1) is 0 Å². The van der Waals surface area contributed by atoms with Gasteiger partial charge in [-0.2, -0.15) is 0 Å². The van der Waals surface area contributed by atoms with Crippen molar-refractivity contribution in [2.24, 2.45) is 5.92 Å². The Balaban J connectivity index is 2.41. The highest BCUT2D eigenvalue weighted by molar-refractivity contribution is 5.23. The Kier molecular flexibility index (Phi) is 4.72. The van der Waals surface area contributed by atoms with Gasteiger partial charge >= 0.3 is 0 Å². The fraction of sp³-hybridized carbons (Fsp3) is 0.500. The smallest absolute Gasteiger partial charge is 0.126 e. The molecule has 0 saturated heterocycles. The minimum absolute atomic E-state index is 0.164. The van der Waals surface area contributed by atoms with Crippen LogP contribution in [0.5, 0.6) is 0 Å². The number of halogens is 1. The van der Waals surface area contributed by atoms with Crippen molar-refractivity contribution in [2.75, 3.05) is 13.2 Å². The molecule has 2 nitrogen and oxygen atoms in total. The molecule has 0 bridgehead atoms. The quantitative estimate of drug-likeness (QED) is 0.779. The fourth-order valence-corrected chi connectivity index (χ4v) is 1.34. The van der Waals surface area contributed by atoms with Gasteiger partial charge < -0.3 is 10.4 Å². The van der Waals surface area contributed by atoms with Gasteiger partial charge in [0, 0.05) is 19.7 Å². The molecule has 0 aliphatic rings. The normalized spacial score (nSPS) is 12.8. The van der Waals surface area contributed by atoms with Gasteiger partial charge in [-0.1, -0.05) is 19.1 Å². The highest BCUT2D eigenvalue weighted by atomic mass is 19.1. The second kappa shape index (κ2) is 5.83. The third kappa shape index (κ3) is 3.98. The Labute approximate surface area is 90.1 Å². The lowest BCUT2D eigenvalue weighted by Gasteiger charge is -2.10. The van der Waals surface area contributed by atoms with Crippen molar-refractivity contribution >= 4 is 0 Å². The largest absolute Gasteiger partial charge is 0.396 e. The van der Waals surface area contributed by atoms with Gasteiger partial charge in [0.1, 0.15) is 5.82 Å². The Bertz CT molecular complexity index is 314. The monoisotopic (exact) mass is 211 g/mol. The molecule has 84 valence electrons. The van der Waals surface area contributed by atoms with Crippen LogP contribution in [0.1, 0.15) is 18.1 Å². The molecule has 0 aliphatic heterocycles. The zero-order chi connectivity index (χ0) is 11.3. The minimum Gasteiger partial charge on any atom is -0.396 e. The zero-order valence-corrected chi connectivity index (χ0v) is 9.26. The van der Waals surface area contributed by atoms with Crippen molar-refractivity contribution in [1.29, 1.82) is 0 Å². The molecule has 15 heavy (non-hydrogen) atoms. The molecule has 0 radical (unpaired) electrons. The molecule has 1 unspecified atom stereocenters. The van der Waals surface area contributed by atoms with Crippen LogP contribution in [0.4, 0.5) is 4.39 Å². The summed E-state index contributed by atoms with van der Waals surface area (Å²) in [7, 11) is 0. The Morgan fingerprint density at radius 2 is 2.20 bits per heavy atom. The molecule has 2 N–H and O–H groups in total. The second-order valence-corrected chi connectivity index (χ2v) is 4.00. The van der Waals surface area contributed by atoms with Crippen molar-refractivity contribution < 1.29 is 9.50 Å². The number of nitrogens with one attached hydrogen (secondary N) is 1. The van der Waals surface area contributed by atoms with Crippen molar-refractivity contribution in [3.8, 4) is 0 Å². The molecule has 0 spiro atoms. The summed E-state index contributed by atoms with van der Waals surface area (Å²) in [4.78, 5) is 0. The van der Waals surface area contributed by atoms with E-state index in [2.05, 4.69) is 5.32 Å². The summed E-state index contributed by atoms with van der Waals surface area (Å²) < 4.78 is 13.0. The highest BCUT2D eigenvalue weighted by Gasteiger charge is 2.01.